The number of hydrazone groups is 1. The van der Waals surface area contributed by atoms with Gasteiger partial charge < -0.3 is 4.74 Å². The normalized spacial score (nSPS) is 32.2. The first-order valence-electron chi connectivity index (χ1n) is 9.53. The number of nitriles is 1. The quantitative estimate of drug-likeness (QED) is 0.650. The minimum absolute atomic E-state index is 0.143. The molecule has 5 nitrogen and oxygen atoms in total. The fourth-order valence-electron chi connectivity index (χ4n) is 5.68. The largest absolute Gasteiger partial charge is 0.482 e. The molecule has 4 saturated carbocycles. The first-order valence-corrected chi connectivity index (χ1v) is 9.53. The van der Waals surface area contributed by atoms with Gasteiger partial charge in [-0.1, -0.05) is 12.1 Å². The van der Waals surface area contributed by atoms with Gasteiger partial charge in [0.15, 0.2) is 6.61 Å². The van der Waals surface area contributed by atoms with Crippen molar-refractivity contribution in [2.75, 3.05) is 6.61 Å². The van der Waals surface area contributed by atoms with Crippen LogP contribution in [0.15, 0.2) is 29.4 Å². The molecule has 4 aliphatic rings. The molecule has 1 aromatic rings. The van der Waals surface area contributed by atoms with Gasteiger partial charge in [0, 0.05) is 11.1 Å². The average molecular weight is 351 g/mol. The molecule has 4 bridgehead atoms. The van der Waals surface area contributed by atoms with Crippen LogP contribution in [0.25, 0.3) is 0 Å². The lowest BCUT2D eigenvalue weighted by molar-refractivity contribution is -0.123. The summed E-state index contributed by atoms with van der Waals surface area (Å²) >= 11 is 0. The Bertz CT molecular complexity index is 742. The van der Waals surface area contributed by atoms with E-state index in [1.165, 1.54) is 38.5 Å². The number of nitrogens with one attached hydrogen (secondary N) is 1. The fourth-order valence-corrected chi connectivity index (χ4v) is 5.68. The molecule has 136 valence electrons. The highest BCUT2D eigenvalue weighted by Gasteiger charge is 2.52. The molecule has 0 spiro atoms. The molecule has 5 rings (SSSR count). The molecule has 0 aromatic heterocycles. The summed E-state index contributed by atoms with van der Waals surface area (Å²) in [5.74, 6) is 2.70. The predicted octanol–water partition coefficient (Wildman–Crippen LogP) is 3.65. The molecule has 4 aliphatic carbocycles. The topological polar surface area (TPSA) is 74.5 Å². The molecule has 5 heteroatoms. The van der Waals surface area contributed by atoms with E-state index in [4.69, 9.17) is 10.00 Å². The van der Waals surface area contributed by atoms with E-state index in [9.17, 15) is 4.79 Å². The van der Waals surface area contributed by atoms with Gasteiger partial charge in [-0.05, 0) is 75.3 Å². The number of benzene rings is 1. The molecule has 1 aromatic carbocycles. The molecule has 4 fully saturated rings. The third-order valence-electron chi connectivity index (χ3n) is 6.52. The van der Waals surface area contributed by atoms with Crippen molar-refractivity contribution in [2.24, 2.45) is 28.3 Å². The Morgan fingerprint density at radius 1 is 1.23 bits per heavy atom. The molecule has 0 aliphatic heterocycles. The van der Waals surface area contributed by atoms with Crippen molar-refractivity contribution in [1.82, 2.24) is 5.43 Å². The first-order chi connectivity index (χ1) is 12.6. The maximum atomic E-state index is 12.1. The Morgan fingerprint density at radius 2 is 1.85 bits per heavy atom. The van der Waals surface area contributed by atoms with Crippen LogP contribution in [0, 0.1) is 34.5 Å². The van der Waals surface area contributed by atoms with Gasteiger partial charge in [0.25, 0.3) is 5.91 Å². The van der Waals surface area contributed by atoms with E-state index in [-0.39, 0.29) is 17.9 Å². The lowest BCUT2D eigenvalue weighted by Crippen LogP contribution is -2.49. The first kappa shape index (κ1) is 17.1. The zero-order chi connectivity index (χ0) is 18.1. The van der Waals surface area contributed by atoms with E-state index < -0.39 is 0 Å². The second-order valence-corrected chi connectivity index (χ2v) is 8.33. The Hall–Kier alpha value is -2.35. The number of rotatable bonds is 5. The van der Waals surface area contributed by atoms with E-state index in [1.54, 1.807) is 24.3 Å². The summed E-state index contributed by atoms with van der Waals surface area (Å²) in [6, 6.07) is 8.97. The summed E-state index contributed by atoms with van der Waals surface area (Å²) in [7, 11) is 0. The van der Waals surface area contributed by atoms with Crippen LogP contribution in [-0.2, 0) is 4.79 Å². The maximum Gasteiger partial charge on any atom is 0.277 e. The number of nitrogens with zero attached hydrogens (tertiary/aromatic N) is 2. The van der Waals surface area contributed by atoms with Gasteiger partial charge in [0.2, 0.25) is 0 Å². The zero-order valence-electron chi connectivity index (χ0n) is 15.2. The van der Waals surface area contributed by atoms with Gasteiger partial charge in [-0.3, -0.25) is 4.79 Å². The fraction of sp³-hybridized carbons (Fsp3) is 0.571. The number of ether oxygens (including phenoxy) is 1. The third kappa shape index (κ3) is 3.21. The molecule has 0 saturated heterocycles. The number of carbonyl (C=O) groups excluding carboxylic acids is 1. The highest BCUT2D eigenvalue weighted by Crippen LogP contribution is 2.60. The number of amides is 1. The number of hydrogen-bond acceptors (Lipinski definition) is 4. The lowest BCUT2D eigenvalue weighted by Gasteiger charge is -2.56. The van der Waals surface area contributed by atoms with Crippen molar-refractivity contribution in [3.63, 3.8) is 0 Å². The summed E-state index contributed by atoms with van der Waals surface area (Å²) in [4.78, 5) is 12.1. The van der Waals surface area contributed by atoms with E-state index in [0.29, 0.717) is 11.3 Å². The molecule has 0 unspecified atom stereocenters. The minimum atomic E-state index is -0.290. The molecule has 1 amide bonds. The standard InChI is InChI=1S/C21H25N3O2/c1-14(21-9-15-6-16(10-21)8-17(7-15)11-21)23-24-20(25)13-26-19-5-3-2-4-18(19)12-22/h2-5,15-17H,6-11,13H2,1H3,(H,24,25)/b23-14-. The summed E-state index contributed by atoms with van der Waals surface area (Å²) in [6.45, 7) is 1.93. The third-order valence-corrected chi connectivity index (χ3v) is 6.52. The summed E-state index contributed by atoms with van der Waals surface area (Å²) in [6.07, 6.45) is 7.88. The van der Waals surface area contributed by atoms with Crippen LogP contribution in [0.4, 0.5) is 0 Å². The van der Waals surface area contributed by atoms with Gasteiger partial charge in [0.05, 0.1) is 5.56 Å². The van der Waals surface area contributed by atoms with Crippen LogP contribution < -0.4 is 10.2 Å². The van der Waals surface area contributed by atoms with E-state index in [1.807, 2.05) is 0 Å². The van der Waals surface area contributed by atoms with Crippen molar-refractivity contribution >= 4 is 11.6 Å². The van der Waals surface area contributed by atoms with Crippen LogP contribution >= 0.6 is 0 Å². The highest BCUT2D eigenvalue weighted by atomic mass is 16.5. The Labute approximate surface area is 154 Å². The maximum absolute atomic E-state index is 12.1. The highest BCUT2D eigenvalue weighted by molar-refractivity contribution is 5.90. The van der Waals surface area contributed by atoms with Gasteiger partial charge in [0.1, 0.15) is 11.8 Å². The van der Waals surface area contributed by atoms with Crippen molar-refractivity contribution in [2.45, 2.75) is 45.4 Å². The number of carbonyl (C=O) groups is 1. The minimum Gasteiger partial charge on any atom is -0.482 e. The molecule has 0 radical (unpaired) electrons. The lowest BCUT2D eigenvalue weighted by atomic mass is 9.48. The molecule has 1 N–H and O–H groups in total. The Balaban J connectivity index is 1.36. The second-order valence-electron chi connectivity index (χ2n) is 8.33. The molecule has 0 atom stereocenters. The van der Waals surface area contributed by atoms with Gasteiger partial charge >= 0.3 is 0 Å². The van der Waals surface area contributed by atoms with Crippen LogP contribution in [0.2, 0.25) is 0 Å². The van der Waals surface area contributed by atoms with Crippen molar-refractivity contribution in [1.29, 1.82) is 5.26 Å². The zero-order valence-corrected chi connectivity index (χ0v) is 15.2. The van der Waals surface area contributed by atoms with E-state index >= 15 is 0 Å². The van der Waals surface area contributed by atoms with E-state index in [0.717, 1.165) is 23.5 Å². The van der Waals surface area contributed by atoms with Gasteiger partial charge in [-0.15, -0.1) is 0 Å². The average Bonchev–Trinajstić information content (AvgIpc) is 2.63. The predicted molar refractivity (Wildman–Crippen MR) is 98.5 cm³/mol. The van der Waals surface area contributed by atoms with Gasteiger partial charge in [-0.2, -0.15) is 10.4 Å². The monoisotopic (exact) mass is 351 g/mol. The van der Waals surface area contributed by atoms with Gasteiger partial charge in [-0.25, -0.2) is 5.43 Å². The van der Waals surface area contributed by atoms with Crippen LogP contribution in [-0.4, -0.2) is 18.2 Å². The Morgan fingerprint density at radius 3 is 2.46 bits per heavy atom. The molecule has 26 heavy (non-hydrogen) atoms. The number of para-hydroxylation sites is 1. The smallest absolute Gasteiger partial charge is 0.277 e. The number of hydrogen-bond donors (Lipinski definition) is 1. The molecular formula is C21H25N3O2. The second kappa shape index (κ2) is 6.75. The van der Waals surface area contributed by atoms with Crippen LogP contribution in [0.1, 0.15) is 51.0 Å². The van der Waals surface area contributed by atoms with Crippen LogP contribution in [0.5, 0.6) is 5.75 Å². The van der Waals surface area contributed by atoms with Crippen molar-refractivity contribution in [3.05, 3.63) is 29.8 Å². The summed E-state index contributed by atoms with van der Waals surface area (Å²) in [5.41, 5.74) is 4.36. The van der Waals surface area contributed by atoms with E-state index in [2.05, 4.69) is 23.5 Å². The van der Waals surface area contributed by atoms with Crippen molar-refractivity contribution < 1.29 is 9.53 Å². The molecule has 0 heterocycles. The summed E-state index contributed by atoms with van der Waals surface area (Å²) in [5, 5.41) is 13.5. The van der Waals surface area contributed by atoms with Crippen LogP contribution in [0.3, 0.4) is 0 Å². The molecular weight excluding hydrogens is 326 g/mol. The SMILES string of the molecule is C/C(=N/NC(=O)COc1ccccc1C#N)C12CC3CC(CC(C3)C1)C2. The summed E-state index contributed by atoms with van der Waals surface area (Å²) < 4.78 is 5.47. The van der Waals surface area contributed by atoms with Crippen molar-refractivity contribution in [3.8, 4) is 11.8 Å². The Kier molecular flexibility index (Phi) is 4.44.